The smallest absolute Gasteiger partial charge is 0.270 e. The molecule has 2 rings (SSSR count). The number of likely N-dealkylation sites (tertiary alicyclic amines) is 1. The van der Waals surface area contributed by atoms with Gasteiger partial charge in [-0.05, 0) is 25.0 Å². The lowest BCUT2D eigenvalue weighted by Gasteiger charge is -2.18. The van der Waals surface area contributed by atoms with Crippen LogP contribution in [-0.4, -0.2) is 23.9 Å². The molecular formula is C14H16N4O. The Morgan fingerprint density at radius 1 is 1.26 bits per heavy atom. The largest absolute Gasteiger partial charge is 0.384 e. The van der Waals surface area contributed by atoms with E-state index in [-0.39, 0.29) is 11.4 Å². The van der Waals surface area contributed by atoms with E-state index >= 15 is 0 Å². The van der Waals surface area contributed by atoms with Crippen molar-refractivity contribution in [3.05, 3.63) is 41.7 Å². The molecule has 5 nitrogen and oxygen atoms in total. The molecule has 1 amide bonds. The first-order valence-corrected chi connectivity index (χ1v) is 6.23. The summed E-state index contributed by atoms with van der Waals surface area (Å²) in [6, 6.07) is 10.9. The van der Waals surface area contributed by atoms with Gasteiger partial charge in [0, 0.05) is 18.8 Å². The van der Waals surface area contributed by atoms with Crippen LogP contribution in [0.1, 0.15) is 12.8 Å². The number of nitrogens with one attached hydrogen (secondary N) is 1. The molecule has 1 aliphatic heterocycles. The van der Waals surface area contributed by atoms with Crippen LogP contribution in [0, 0.1) is 11.3 Å². The van der Waals surface area contributed by atoms with Gasteiger partial charge < -0.3 is 16.0 Å². The lowest BCUT2D eigenvalue weighted by molar-refractivity contribution is -0.112. The van der Waals surface area contributed by atoms with Gasteiger partial charge in [-0.2, -0.15) is 5.26 Å². The van der Waals surface area contributed by atoms with Gasteiger partial charge in [-0.15, -0.1) is 0 Å². The van der Waals surface area contributed by atoms with Crippen molar-refractivity contribution < 1.29 is 4.79 Å². The summed E-state index contributed by atoms with van der Waals surface area (Å²) in [6.45, 7) is 1.60. The molecule has 0 radical (unpaired) electrons. The number of rotatable bonds is 3. The van der Waals surface area contributed by atoms with Gasteiger partial charge in [0.1, 0.15) is 11.9 Å². The van der Waals surface area contributed by atoms with Gasteiger partial charge in [0.05, 0.1) is 0 Å². The Kier molecular flexibility index (Phi) is 4.04. The molecule has 1 aromatic rings. The zero-order valence-corrected chi connectivity index (χ0v) is 10.6. The monoisotopic (exact) mass is 256 g/mol. The average Bonchev–Trinajstić information content (AvgIpc) is 2.94. The molecule has 0 saturated carbocycles. The molecule has 0 atom stereocenters. The molecule has 0 unspecified atom stereocenters. The Labute approximate surface area is 112 Å². The van der Waals surface area contributed by atoms with Crippen LogP contribution >= 0.6 is 0 Å². The molecule has 1 aliphatic rings. The minimum Gasteiger partial charge on any atom is -0.384 e. The van der Waals surface area contributed by atoms with Crippen LogP contribution in [0.4, 0.5) is 5.69 Å². The number of anilines is 1. The molecule has 0 bridgehead atoms. The second-order valence-corrected chi connectivity index (χ2v) is 4.39. The van der Waals surface area contributed by atoms with Crippen LogP contribution in [0.15, 0.2) is 41.7 Å². The Bertz CT molecular complexity index is 524. The number of para-hydroxylation sites is 1. The van der Waals surface area contributed by atoms with Crippen molar-refractivity contribution in [2.75, 3.05) is 18.4 Å². The topological polar surface area (TPSA) is 82.1 Å². The number of nitrogens with two attached hydrogens (primary N) is 1. The van der Waals surface area contributed by atoms with Crippen LogP contribution in [0.3, 0.4) is 0 Å². The number of nitrogens with zero attached hydrogens (tertiary/aromatic N) is 2. The summed E-state index contributed by atoms with van der Waals surface area (Å²) in [4.78, 5) is 13.9. The van der Waals surface area contributed by atoms with Crippen LogP contribution < -0.4 is 11.1 Å². The summed E-state index contributed by atoms with van der Waals surface area (Å²) in [5, 5.41) is 11.8. The highest BCUT2D eigenvalue weighted by atomic mass is 16.1. The van der Waals surface area contributed by atoms with E-state index in [0.717, 1.165) is 25.9 Å². The van der Waals surface area contributed by atoms with Crippen molar-refractivity contribution >= 4 is 11.6 Å². The SMILES string of the molecule is N#C/C(C(=O)Nc1ccccc1)=C(/N)N1CCCC1. The number of carbonyl (C=O) groups is 1. The molecular weight excluding hydrogens is 240 g/mol. The van der Waals surface area contributed by atoms with Gasteiger partial charge in [-0.25, -0.2) is 0 Å². The van der Waals surface area contributed by atoms with Gasteiger partial charge >= 0.3 is 0 Å². The molecule has 98 valence electrons. The van der Waals surface area contributed by atoms with E-state index in [9.17, 15) is 4.79 Å². The number of hydrogen-bond acceptors (Lipinski definition) is 4. The first kappa shape index (κ1) is 13.0. The molecule has 1 heterocycles. The lowest BCUT2D eigenvalue weighted by atomic mass is 10.2. The quantitative estimate of drug-likeness (QED) is 0.633. The minimum absolute atomic E-state index is 0.0225. The zero-order chi connectivity index (χ0) is 13.7. The zero-order valence-electron chi connectivity index (χ0n) is 10.6. The highest BCUT2D eigenvalue weighted by molar-refractivity contribution is 6.06. The van der Waals surface area contributed by atoms with Crippen molar-refractivity contribution in [3.63, 3.8) is 0 Å². The molecule has 0 aliphatic carbocycles. The third-order valence-corrected chi connectivity index (χ3v) is 3.07. The molecule has 1 aromatic carbocycles. The van der Waals surface area contributed by atoms with E-state index in [4.69, 9.17) is 11.0 Å². The van der Waals surface area contributed by atoms with Crippen LogP contribution in [-0.2, 0) is 4.79 Å². The van der Waals surface area contributed by atoms with Gasteiger partial charge in [0.25, 0.3) is 5.91 Å². The summed E-state index contributed by atoms with van der Waals surface area (Å²) >= 11 is 0. The van der Waals surface area contributed by atoms with Gasteiger partial charge in [-0.3, -0.25) is 4.79 Å². The predicted molar refractivity (Wildman–Crippen MR) is 72.7 cm³/mol. The second kappa shape index (κ2) is 5.91. The highest BCUT2D eigenvalue weighted by Crippen LogP contribution is 2.15. The summed E-state index contributed by atoms with van der Waals surface area (Å²) in [5.74, 6) is -0.188. The second-order valence-electron chi connectivity index (χ2n) is 4.39. The predicted octanol–water partition coefficient (Wildman–Crippen LogP) is 1.41. The molecule has 0 aromatic heterocycles. The van der Waals surface area contributed by atoms with Crippen molar-refractivity contribution in [1.29, 1.82) is 5.26 Å². The maximum absolute atomic E-state index is 12.0. The summed E-state index contributed by atoms with van der Waals surface area (Å²) in [5.41, 5.74) is 6.54. The summed E-state index contributed by atoms with van der Waals surface area (Å²) in [6.07, 6.45) is 2.08. The maximum atomic E-state index is 12.0. The van der Waals surface area contributed by atoms with E-state index in [1.165, 1.54) is 0 Å². The number of benzene rings is 1. The Morgan fingerprint density at radius 2 is 1.89 bits per heavy atom. The molecule has 1 saturated heterocycles. The van der Waals surface area contributed by atoms with E-state index in [2.05, 4.69) is 5.32 Å². The van der Waals surface area contributed by atoms with Crippen LogP contribution in [0.5, 0.6) is 0 Å². The molecule has 1 fully saturated rings. The van der Waals surface area contributed by atoms with Gasteiger partial charge in [-0.1, -0.05) is 18.2 Å². The van der Waals surface area contributed by atoms with Crippen LogP contribution in [0.25, 0.3) is 0 Å². The summed E-state index contributed by atoms with van der Waals surface area (Å²) in [7, 11) is 0. The Hall–Kier alpha value is -2.48. The third-order valence-electron chi connectivity index (χ3n) is 3.07. The van der Waals surface area contributed by atoms with Crippen molar-refractivity contribution in [3.8, 4) is 6.07 Å². The molecule has 3 N–H and O–H groups in total. The third kappa shape index (κ3) is 3.05. The summed E-state index contributed by atoms with van der Waals surface area (Å²) < 4.78 is 0. The first-order chi connectivity index (χ1) is 9.22. The van der Waals surface area contributed by atoms with Crippen molar-refractivity contribution in [2.24, 2.45) is 5.73 Å². The number of hydrogen-bond donors (Lipinski definition) is 2. The first-order valence-electron chi connectivity index (χ1n) is 6.23. The number of nitriles is 1. The van der Waals surface area contributed by atoms with E-state index in [1.807, 2.05) is 29.2 Å². The van der Waals surface area contributed by atoms with Gasteiger partial charge in [0.2, 0.25) is 0 Å². The highest BCUT2D eigenvalue weighted by Gasteiger charge is 2.20. The van der Waals surface area contributed by atoms with Crippen molar-refractivity contribution in [2.45, 2.75) is 12.8 Å². The van der Waals surface area contributed by atoms with E-state index in [1.54, 1.807) is 12.1 Å². The fraction of sp³-hybridized carbons (Fsp3) is 0.286. The maximum Gasteiger partial charge on any atom is 0.270 e. The normalized spacial score (nSPS) is 15.6. The fourth-order valence-corrected chi connectivity index (χ4v) is 2.06. The van der Waals surface area contributed by atoms with Gasteiger partial charge in [0.15, 0.2) is 5.57 Å². The number of amides is 1. The molecule has 5 heteroatoms. The minimum atomic E-state index is -0.460. The standard InChI is InChI=1S/C14H16N4O/c15-10-12(13(16)18-8-4-5-9-18)14(19)17-11-6-2-1-3-7-11/h1-3,6-7H,4-5,8-9,16H2,(H,17,19)/b13-12+. The molecule has 0 spiro atoms. The Balaban J connectivity index is 2.15. The average molecular weight is 256 g/mol. The van der Waals surface area contributed by atoms with Crippen LogP contribution in [0.2, 0.25) is 0 Å². The van der Waals surface area contributed by atoms with Crippen molar-refractivity contribution in [1.82, 2.24) is 4.90 Å². The van der Waals surface area contributed by atoms with E-state index < -0.39 is 5.91 Å². The molecule has 19 heavy (non-hydrogen) atoms. The fourth-order valence-electron chi connectivity index (χ4n) is 2.06. The number of carbonyl (C=O) groups excluding carboxylic acids is 1. The Morgan fingerprint density at radius 3 is 2.47 bits per heavy atom. The van der Waals surface area contributed by atoms with E-state index in [0.29, 0.717) is 5.69 Å². The lowest BCUT2D eigenvalue weighted by Crippen LogP contribution is -2.29.